The lowest BCUT2D eigenvalue weighted by molar-refractivity contribution is -0.128. The maximum atomic E-state index is 12.5. The van der Waals surface area contributed by atoms with Gasteiger partial charge in [-0.05, 0) is 37.5 Å². The smallest absolute Gasteiger partial charge is 0.319 e. The van der Waals surface area contributed by atoms with Gasteiger partial charge in [-0.15, -0.1) is 0 Å². The van der Waals surface area contributed by atoms with Crippen LogP contribution < -0.4 is 10.6 Å². The van der Waals surface area contributed by atoms with Crippen molar-refractivity contribution in [2.45, 2.75) is 25.7 Å². The summed E-state index contributed by atoms with van der Waals surface area (Å²) in [7, 11) is 3.35. The van der Waals surface area contributed by atoms with Crippen LogP contribution in [-0.4, -0.2) is 61.4 Å². The molecule has 1 fully saturated rings. The molecule has 25 heavy (non-hydrogen) atoms. The average molecular weight is 346 g/mol. The fraction of sp³-hybridized carbons (Fsp3) is 0.500. The Balaban J connectivity index is 1.87. The Morgan fingerprint density at radius 3 is 2.52 bits per heavy atom. The summed E-state index contributed by atoms with van der Waals surface area (Å²) in [6, 6.07) is 6.53. The SMILES string of the molecule is CN(C)C(=O)CCNC(=O)Nc1cccc(C(=O)N2CCCCC2)c1. The van der Waals surface area contributed by atoms with E-state index in [-0.39, 0.29) is 24.8 Å². The molecule has 0 atom stereocenters. The average Bonchev–Trinajstić information content (AvgIpc) is 2.61. The molecular weight excluding hydrogens is 320 g/mol. The number of urea groups is 1. The normalized spacial score (nSPS) is 13.9. The van der Waals surface area contributed by atoms with Gasteiger partial charge in [0.05, 0.1) is 0 Å². The Morgan fingerprint density at radius 1 is 1.12 bits per heavy atom. The lowest BCUT2D eigenvalue weighted by atomic mass is 10.1. The Labute approximate surface area is 148 Å². The van der Waals surface area contributed by atoms with Crippen molar-refractivity contribution in [3.63, 3.8) is 0 Å². The number of anilines is 1. The zero-order chi connectivity index (χ0) is 18.2. The van der Waals surface area contributed by atoms with Gasteiger partial charge in [0.1, 0.15) is 0 Å². The van der Waals surface area contributed by atoms with E-state index in [1.807, 2.05) is 4.90 Å². The standard InChI is InChI=1S/C18H26N4O3/c1-21(2)16(23)9-10-19-18(25)20-15-8-6-7-14(13-15)17(24)22-11-4-3-5-12-22/h6-8,13H,3-5,9-12H2,1-2H3,(H2,19,20,25). The van der Waals surface area contributed by atoms with Crippen LogP contribution in [0.2, 0.25) is 0 Å². The van der Waals surface area contributed by atoms with Gasteiger partial charge in [-0.3, -0.25) is 9.59 Å². The van der Waals surface area contributed by atoms with Crippen molar-refractivity contribution in [3.05, 3.63) is 29.8 Å². The van der Waals surface area contributed by atoms with Crippen molar-refractivity contribution < 1.29 is 14.4 Å². The predicted molar refractivity (Wildman–Crippen MR) is 96.5 cm³/mol. The number of hydrogen-bond donors (Lipinski definition) is 2. The summed E-state index contributed by atoms with van der Waals surface area (Å²) in [6.45, 7) is 1.84. The number of likely N-dealkylation sites (tertiary alicyclic amines) is 1. The maximum Gasteiger partial charge on any atom is 0.319 e. The quantitative estimate of drug-likeness (QED) is 0.854. The Hall–Kier alpha value is -2.57. The highest BCUT2D eigenvalue weighted by molar-refractivity contribution is 5.97. The van der Waals surface area contributed by atoms with E-state index in [2.05, 4.69) is 10.6 Å². The molecule has 2 rings (SSSR count). The van der Waals surface area contributed by atoms with E-state index < -0.39 is 6.03 Å². The summed E-state index contributed by atoms with van der Waals surface area (Å²) in [5.74, 6) is -0.0465. The number of benzene rings is 1. The summed E-state index contributed by atoms with van der Waals surface area (Å²) in [5, 5.41) is 5.33. The van der Waals surface area contributed by atoms with Crippen molar-refractivity contribution in [2.75, 3.05) is 39.0 Å². The van der Waals surface area contributed by atoms with Crippen molar-refractivity contribution in [3.8, 4) is 0 Å². The highest BCUT2D eigenvalue weighted by Gasteiger charge is 2.18. The number of rotatable bonds is 5. The highest BCUT2D eigenvalue weighted by Crippen LogP contribution is 2.16. The second kappa shape index (κ2) is 9.05. The fourth-order valence-electron chi connectivity index (χ4n) is 2.69. The number of piperidine rings is 1. The summed E-state index contributed by atoms with van der Waals surface area (Å²) >= 11 is 0. The number of hydrogen-bond acceptors (Lipinski definition) is 3. The molecule has 0 saturated carbocycles. The number of carbonyl (C=O) groups is 3. The maximum absolute atomic E-state index is 12.5. The van der Waals surface area contributed by atoms with Crippen LogP contribution in [-0.2, 0) is 4.79 Å². The van der Waals surface area contributed by atoms with E-state index in [9.17, 15) is 14.4 Å². The van der Waals surface area contributed by atoms with Gasteiger partial charge in [-0.1, -0.05) is 6.07 Å². The molecule has 1 aliphatic heterocycles. The van der Waals surface area contributed by atoms with Crippen molar-refractivity contribution >= 4 is 23.5 Å². The first-order chi connectivity index (χ1) is 12.0. The molecule has 0 aliphatic carbocycles. The van der Waals surface area contributed by atoms with Crippen LogP contribution in [0.1, 0.15) is 36.0 Å². The summed E-state index contributed by atoms with van der Waals surface area (Å²) in [5.41, 5.74) is 1.13. The minimum absolute atomic E-state index is 0.000313. The third-order valence-corrected chi connectivity index (χ3v) is 4.13. The van der Waals surface area contributed by atoms with Gasteiger partial charge < -0.3 is 20.4 Å². The molecule has 1 aliphatic rings. The molecule has 1 aromatic rings. The van der Waals surface area contributed by atoms with Crippen LogP contribution in [0.15, 0.2) is 24.3 Å². The van der Waals surface area contributed by atoms with Crippen molar-refractivity contribution in [1.29, 1.82) is 0 Å². The van der Waals surface area contributed by atoms with Gasteiger partial charge in [-0.2, -0.15) is 0 Å². The van der Waals surface area contributed by atoms with E-state index in [1.54, 1.807) is 38.4 Å². The molecule has 136 valence electrons. The minimum atomic E-state index is -0.394. The number of carbonyl (C=O) groups excluding carboxylic acids is 3. The van der Waals surface area contributed by atoms with Crippen LogP contribution in [0, 0.1) is 0 Å². The molecule has 1 heterocycles. The number of nitrogens with zero attached hydrogens (tertiary/aromatic N) is 2. The summed E-state index contributed by atoms with van der Waals surface area (Å²) < 4.78 is 0. The van der Waals surface area contributed by atoms with E-state index in [1.165, 1.54) is 11.3 Å². The molecule has 1 aromatic carbocycles. The van der Waals surface area contributed by atoms with E-state index in [0.29, 0.717) is 11.3 Å². The van der Waals surface area contributed by atoms with Crippen LogP contribution in [0.25, 0.3) is 0 Å². The van der Waals surface area contributed by atoms with Crippen LogP contribution in [0.3, 0.4) is 0 Å². The molecule has 1 saturated heterocycles. The summed E-state index contributed by atoms with van der Waals surface area (Å²) in [4.78, 5) is 39.2. The molecule has 0 spiro atoms. The van der Waals surface area contributed by atoms with Crippen molar-refractivity contribution in [1.82, 2.24) is 15.1 Å². The van der Waals surface area contributed by atoms with Gasteiger partial charge in [0.15, 0.2) is 0 Å². The van der Waals surface area contributed by atoms with Gasteiger partial charge in [-0.25, -0.2) is 4.79 Å². The molecule has 0 unspecified atom stereocenters. The molecule has 7 nitrogen and oxygen atoms in total. The first kappa shape index (κ1) is 18.8. The minimum Gasteiger partial charge on any atom is -0.349 e. The molecule has 7 heteroatoms. The number of nitrogens with one attached hydrogen (secondary N) is 2. The second-order valence-electron chi connectivity index (χ2n) is 6.35. The number of amides is 4. The van der Waals surface area contributed by atoms with Gasteiger partial charge >= 0.3 is 6.03 Å². The molecule has 0 aromatic heterocycles. The van der Waals surface area contributed by atoms with Crippen LogP contribution >= 0.6 is 0 Å². The van der Waals surface area contributed by atoms with E-state index in [4.69, 9.17) is 0 Å². The highest BCUT2D eigenvalue weighted by atomic mass is 16.2. The molecule has 0 bridgehead atoms. The third kappa shape index (κ3) is 5.77. The molecule has 4 amide bonds. The lowest BCUT2D eigenvalue weighted by Crippen LogP contribution is -2.35. The van der Waals surface area contributed by atoms with Gasteiger partial charge in [0.25, 0.3) is 5.91 Å². The second-order valence-corrected chi connectivity index (χ2v) is 6.35. The molecule has 0 radical (unpaired) electrons. The fourth-order valence-corrected chi connectivity index (χ4v) is 2.69. The Kier molecular flexibility index (Phi) is 6.80. The lowest BCUT2D eigenvalue weighted by Gasteiger charge is -2.26. The van der Waals surface area contributed by atoms with Crippen molar-refractivity contribution in [2.24, 2.45) is 0 Å². The predicted octanol–water partition coefficient (Wildman–Crippen LogP) is 1.91. The zero-order valence-electron chi connectivity index (χ0n) is 14.9. The first-order valence-corrected chi connectivity index (χ1v) is 8.61. The Bertz CT molecular complexity index is 625. The van der Waals surface area contributed by atoms with E-state index in [0.717, 1.165) is 25.9 Å². The largest absolute Gasteiger partial charge is 0.349 e. The molecular formula is C18H26N4O3. The monoisotopic (exact) mass is 346 g/mol. The van der Waals surface area contributed by atoms with Crippen LogP contribution in [0.4, 0.5) is 10.5 Å². The van der Waals surface area contributed by atoms with Crippen LogP contribution in [0.5, 0.6) is 0 Å². The van der Waals surface area contributed by atoms with E-state index >= 15 is 0 Å². The van der Waals surface area contributed by atoms with Gasteiger partial charge in [0.2, 0.25) is 5.91 Å². The first-order valence-electron chi connectivity index (χ1n) is 8.61. The third-order valence-electron chi connectivity index (χ3n) is 4.13. The molecule has 2 N–H and O–H groups in total. The van der Waals surface area contributed by atoms with Gasteiger partial charge in [0, 0.05) is 51.4 Å². The topological polar surface area (TPSA) is 81.8 Å². The zero-order valence-corrected chi connectivity index (χ0v) is 14.9. The summed E-state index contributed by atoms with van der Waals surface area (Å²) in [6.07, 6.45) is 3.49. The Morgan fingerprint density at radius 2 is 1.84 bits per heavy atom.